The molecule has 3 nitrogen and oxygen atoms in total. The van der Waals surface area contributed by atoms with E-state index in [-0.39, 0.29) is 39.3 Å². The van der Waals surface area contributed by atoms with Crippen LogP contribution in [-0.2, 0) is 32.5 Å². The summed E-state index contributed by atoms with van der Waals surface area (Å²) in [6, 6.07) is 80.3. The molecule has 0 bridgehead atoms. The van der Waals surface area contributed by atoms with Gasteiger partial charge in [-0.3, -0.25) is 0 Å². The minimum atomic E-state index is -0.324. The van der Waals surface area contributed by atoms with Gasteiger partial charge in [0.15, 0.2) is 0 Å². The van der Waals surface area contributed by atoms with Crippen molar-refractivity contribution in [2.24, 2.45) is 0 Å². The molecule has 10 aromatic carbocycles. The maximum atomic E-state index is 2.81. The monoisotopic (exact) mass is 1120 g/mol. The van der Waals surface area contributed by atoms with Crippen LogP contribution in [-0.4, -0.2) is 6.85 Å². The van der Waals surface area contributed by atoms with Gasteiger partial charge in [-0.1, -0.05) is 244 Å². The van der Waals surface area contributed by atoms with Crippen LogP contribution in [0.15, 0.2) is 206 Å². The van der Waals surface area contributed by atoms with Crippen molar-refractivity contribution >= 4 is 63.3 Å². The van der Waals surface area contributed by atoms with E-state index in [1.54, 1.807) is 0 Å². The fraction of sp³-hybridized carbons (Fsp3) is 0.268. The Morgan fingerprint density at radius 2 is 0.860 bits per heavy atom. The van der Waals surface area contributed by atoms with Gasteiger partial charge in [-0.15, -0.1) is 0 Å². The van der Waals surface area contributed by atoms with Crippen molar-refractivity contribution in [2.75, 3.05) is 14.6 Å². The molecule has 4 heteroatoms. The lowest BCUT2D eigenvalue weighted by molar-refractivity contribution is 0.590. The summed E-state index contributed by atoms with van der Waals surface area (Å²) in [6.45, 7) is 37.6. The number of benzene rings is 10. The van der Waals surface area contributed by atoms with Crippen LogP contribution < -0.4 is 25.5 Å². The third-order valence-corrected chi connectivity index (χ3v) is 19.8. The number of hydrogen-bond acceptors (Lipinski definition) is 3. The second-order valence-electron chi connectivity index (χ2n) is 30.3. The summed E-state index contributed by atoms with van der Waals surface area (Å²) in [4.78, 5) is 8.03. The molecule has 0 saturated carbocycles. The van der Waals surface area contributed by atoms with Gasteiger partial charge in [0, 0.05) is 61.8 Å². The predicted octanol–water partition coefficient (Wildman–Crippen LogP) is 21.3. The van der Waals surface area contributed by atoms with E-state index in [9.17, 15) is 0 Å². The fourth-order valence-corrected chi connectivity index (χ4v) is 15.1. The molecule has 0 unspecified atom stereocenters. The Bertz CT molecular complexity index is 4340. The average molecular weight is 1120 g/mol. The molecule has 2 aliphatic carbocycles. The largest absolute Gasteiger partial charge is 0.376 e. The lowest BCUT2D eigenvalue weighted by atomic mass is 9.42. The Kier molecular flexibility index (Phi) is 12.3. The van der Waals surface area contributed by atoms with Crippen LogP contribution in [0.2, 0.25) is 0 Å². The van der Waals surface area contributed by atoms with Gasteiger partial charge < -0.3 is 14.6 Å². The van der Waals surface area contributed by atoms with Crippen molar-refractivity contribution in [3.8, 4) is 44.5 Å². The van der Waals surface area contributed by atoms with Gasteiger partial charge in [0.2, 0.25) is 0 Å². The first-order valence-electron chi connectivity index (χ1n) is 31.4. The van der Waals surface area contributed by atoms with E-state index in [1.807, 2.05) is 0 Å². The van der Waals surface area contributed by atoms with Crippen molar-refractivity contribution in [2.45, 2.75) is 143 Å². The highest BCUT2D eigenvalue weighted by Gasteiger charge is 2.53. The van der Waals surface area contributed by atoms with Gasteiger partial charge in [-0.25, -0.2) is 0 Å². The first-order valence-corrected chi connectivity index (χ1v) is 31.4. The standard InChI is InChI=1S/C82H82BN3/c1-77(2,3)52-36-39-56(40-37-52)86-76-63(43-42-62-60-32-20-22-34-66(60)82(15,16)74(62)76)72-73-65(61-33-21-23-35-67(61)81(73,13)14)50-71-75(72)83(86)68-49-59(84(57-30-24-28-53(46-57)78(4,5)6)58-31-25-29-54(47-58)79(7,8)9)41-45-70(68)85(71)69-44-38-55(80(10,11)12)48-64(69)51-26-18-17-19-27-51/h17-50H,1-16H3. The minimum Gasteiger partial charge on any atom is -0.376 e. The quantitative estimate of drug-likeness (QED) is 0.154. The van der Waals surface area contributed by atoms with E-state index in [4.69, 9.17) is 0 Å². The Labute approximate surface area is 513 Å². The van der Waals surface area contributed by atoms with Crippen LogP contribution in [0.4, 0.5) is 45.5 Å². The molecule has 2 aliphatic heterocycles. The van der Waals surface area contributed by atoms with Crippen molar-refractivity contribution in [3.63, 3.8) is 0 Å². The van der Waals surface area contributed by atoms with Crippen molar-refractivity contribution in [1.82, 2.24) is 0 Å². The van der Waals surface area contributed by atoms with Gasteiger partial charge in [-0.05, 0) is 183 Å². The normalized spacial score (nSPS) is 15.1. The molecule has 0 saturated heterocycles. The SMILES string of the molecule is CC(C)(C)c1ccc(N2B3c4cc(N(c5cccc(C(C)(C)C)c5)c5cccc(C(C)(C)C)c5)ccc4N(c4ccc(C(C)(C)C)cc4-c4ccccc4)c4cc5c(c(c43)-c3ccc4c(c32)C(C)(C)c2ccccc2-4)C(C)(C)c2ccccc2-5)cc1. The molecule has 0 spiro atoms. The van der Waals surface area contributed by atoms with Crippen LogP contribution in [0, 0.1) is 0 Å². The van der Waals surface area contributed by atoms with Crippen LogP contribution in [0.25, 0.3) is 44.5 Å². The second kappa shape index (κ2) is 19.1. The van der Waals surface area contributed by atoms with Crippen LogP contribution >= 0.6 is 0 Å². The third kappa shape index (κ3) is 8.51. The van der Waals surface area contributed by atoms with E-state index in [2.05, 4.69) is 332 Å². The smallest absolute Gasteiger partial charge is 0.333 e. The first-order chi connectivity index (χ1) is 40.7. The molecule has 10 aromatic rings. The van der Waals surface area contributed by atoms with Gasteiger partial charge in [0.25, 0.3) is 0 Å². The summed E-state index contributed by atoms with van der Waals surface area (Å²) in [5.74, 6) is 0. The molecule has 86 heavy (non-hydrogen) atoms. The summed E-state index contributed by atoms with van der Waals surface area (Å²) in [7, 11) is 0. The summed E-state index contributed by atoms with van der Waals surface area (Å²) < 4.78 is 0. The van der Waals surface area contributed by atoms with E-state index in [1.165, 1.54) is 123 Å². The van der Waals surface area contributed by atoms with Crippen molar-refractivity contribution in [1.29, 1.82) is 0 Å². The van der Waals surface area contributed by atoms with Gasteiger partial charge in [0.1, 0.15) is 0 Å². The summed E-state index contributed by atoms with van der Waals surface area (Å²) >= 11 is 0. The summed E-state index contributed by atoms with van der Waals surface area (Å²) in [6.07, 6.45) is 0. The first kappa shape index (κ1) is 55.5. The number of hydrogen-bond donors (Lipinski definition) is 0. The highest BCUT2D eigenvalue weighted by molar-refractivity contribution is 6.94. The summed E-state index contributed by atoms with van der Waals surface area (Å²) in [5, 5.41) is 0. The van der Waals surface area contributed by atoms with E-state index >= 15 is 0 Å². The maximum Gasteiger partial charge on any atom is 0.333 e. The molecule has 0 radical (unpaired) electrons. The molecule has 4 aliphatic rings. The molecule has 0 aromatic heterocycles. The van der Waals surface area contributed by atoms with Gasteiger partial charge in [0.05, 0.1) is 5.69 Å². The number of nitrogens with zero attached hydrogens (tertiary/aromatic N) is 3. The molecular weight excluding hydrogens is 1040 g/mol. The molecule has 0 N–H and O–H groups in total. The minimum absolute atomic E-state index is 0.0337. The van der Waals surface area contributed by atoms with E-state index in [0.717, 1.165) is 22.7 Å². The Morgan fingerprint density at radius 1 is 0.360 bits per heavy atom. The fourth-order valence-electron chi connectivity index (χ4n) is 15.1. The van der Waals surface area contributed by atoms with Gasteiger partial charge >= 0.3 is 6.85 Å². The van der Waals surface area contributed by atoms with E-state index in [0.29, 0.717) is 0 Å². The Balaban J connectivity index is 1.17. The maximum absolute atomic E-state index is 2.81. The number of rotatable bonds is 6. The third-order valence-electron chi connectivity index (χ3n) is 19.8. The highest BCUT2D eigenvalue weighted by Crippen LogP contribution is 2.62. The number of fused-ring (bicyclic) bond motifs is 12. The van der Waals surface area contributed by atoms with Crippen LogP contribution in [0.1, 0.15) is 155 Å². The number of anilines is 8. The van der Waals surface area contributed by atoms with E-state index < -0.39 is 0 Å². The molecule has 0 amide bonds. The second-order valence-corrected chi connectivity index (χ2v) is 30.3. The zero-order valence-corrected chi connectivity index (χ0v) is 53.5. The molecule has 0 atom stereocenters. The average Bonchev–Trinajstić information content (AvgIpc) is 1.25. The zero-order chi connectivity index (χ0) is 60.4. The topological polar surface area (TPSA) is 9.72 Å². The molecule has 0 fully saturated rings. The van der Waals surface area contributed by atoms with Crippen LogP contribution in [0.5, 0.6) is 0 Å². The van der Waals surface area contributed by atoms with Gasteiger partial charge in [-0.2, -0.15) is 0 Å². The highest BCUT2D eigenvalue weighted by atomic mass is 15.2. The molecular formula is C82H82BN3. The zero-order valence-electron chi connectivity index (χ0n) is 53.5. The lowest BCUT2D eigenvalue weighted by Gasteiger charge is -2.49. The molecule has 428 valence electrons. The Morgan fingerprint density at radius 3 is 1.45 bits per heavy atom. The lowest BCUT2D eigenvalue weighted by Crippen LogP contribution is -2.62. The predicted molar refractivity (Wildman–Crippen MR) is 370 cm³/mol. The van der Waals surface area contributed by atoms with Crippen LogP contribution in [0.3, 0.4) is 0 Å². The molecule has 14 rings (SSSR count). The summed E-state index contributed by atoms with van der Waals surface area (Å²) in [5.41, 5.74) is 32.2. The van der Waals surface area contributed by atoms with Crippen molar-refractivity contribution < 1.29 is 0 Å². The Hall–Kier alpha value is -8.34. The van der Waals surface area contributed by atoms with Crippen molar-refractivity contribution in [3.05, 3.63) is 251 Å². The molecule has 2 heterocycles.